The fraction of sp³-hybridized carbons (Fsp3) is 0. The fourth-order valence-corrected chi connectivity index (χ4v) is 9.68. The molecule has 0 amide bonds. The van der Waals surface area contributed by atoms with Gasteiger partial charge in [-0.25, -0.2) is 0 Å². The van der Waals surface area contributed by atoms with E-state index in [1.807, 2.05) is 11.3 Å². The molecule has 56 heavy (non-hydrogen) atoms. The third kappa shape index (κ3) is 5.54. The third-order valence-electron chi connectivity index (χ3n) is 11.2. The summed E-state index contributed by atoms with van der Waals surface area (Å²) in [6.07, 6.45) is 0. The molecule has 0 radical (unpaired) electrons. The lowest BCUT2D eigenvalue weighted by Gasteiger charge is -2.27. The monoisotopic (exact) mass is 729 g/mol. The summed E-state index contributed by atoms with van der Waals surface area (Å²) in [7, 11) is 0. The highest BCUT2D eigenvalue weighted by Gasteiger charge is 2.20. The van der Waals surface area contributed by atoms with Gasteiger partial charge in [-0.1, -0.05) is 152 Å². The predicted octanol–water partition coefficient (Wildman–Crippen LogP) is 16.0. The van der Waals surface area contributed by atoms with Gasteiger partial charge in [-0.15, -0.1) is 11.3 Å². The van der Waals surface area contributed by atoms with Crippen LogP contribution >= 0.6 is 11.3 Å². The summed E-state index contributed by atoms with van der Waals surface area (Å²) in [5, 5.41) is 10.2. The SMILES string of the molecule is c1ccc(-c2ccc(N(c3cccc(-c4cccc(-c5cc6ccccc6c6ccccc56)c4)c3)c3cccc4sc5cc6ccccc6cc5c34)cc2)cc1. The maximum absolute atomic E-state index is 2.45. The van der Waals surface area contributed by atoms with Gasteiger partial charge in [0.25, 0.3) is 0 Å². The molecule has 0 atom stereocenters. The zero-order valence-electron chi connectivity index (χ0n) is 30.6. The Bertz CT molecular complexity index is 3250. The molecular formula is C54H35NS. The Balaban J connectivity index is 1.08. The molecule has 0 aliphatic heterocycles. The molecule has 2 heteroatoms. The average molecular weight is 730 g/mol. The van der Waals surface area contributed by atoms with Crippen molar-refractivity contribution in [1.29, 1.82) is 0 Å². The quantitative estimate of drug-likeness (QED) is 0.154. The molecule has 0 saturated carbocycles. The van der Waals surface area contributed by atoms with E-state index < -0.39 is 0 Å². The lowest BCUT2D eigenvalue weighted by Crippen LogP contribution is -2.10. The number of anilines is 3. The van der Waals surface area contributed by atoms with Crippen LogP contribution in [0.4, 0.5) is 17.1 Å². The molecule has 11 aromatic rings. The molecule has 1 aromatic heterocycles. The number of nitrogens with zero attached hydrogens (tertiary/aromatic N) is 1. The first-order valence-corrected chi connectivity index (χ1v) is 20.0. The molecule has 0 bridgehead atoms. The summed E-state index contributed by atoms with van der Waals surface area (Å²) in [6.45, 7) is 0. The second-order valence-corrected chi connectivity index (χ2v) is 15.6. The maximum atomic E-state index is 2.45. The molecule has 11 rings (SSSR count). The summed E-state index contributed by atoms with van der Waals surface area (Å²) in [6, 6.07) is 77.8. The minimum atomic E-state index is 1.11. The Morgan fingerprint density at radius 1 is 0.304 bits per heavy atom. The molecular weight excluding hydrogens is 695 g/mol. The van der Waals surface area contributed by atoms with Crippen molar-refractivity contribution in [1.82, 2.24) is 0 Å². The first kappa shape index (κ1) is 32.4. The van der Waals surface area contributed by atoms with Crippen LogP contribution in [0, 0.1) is 0 Å². The number of benzene rings is 10. The van der Waals surface area contributed by atoms with Crippen molar-refractivity contribution >= 4 is 80.9 Å². The van der Waals surface area contributed by atoms with Crippen LogP contribution in [0.3, 0.4) is 0 Å². The van der Waals surface area contributed by atoms with Gasteiger partial charge in [0, 0.05) is 31.5 Å². The van der Waals surface area contributed by atoms with Crippen molar-refractivity contribution in [2.45, 2.75) is 0 Å². The van der Waals surface area contributed by atoms with Gasteiger partial charge in [0.15, 0.2) is 0 Å². The summed E-state index contributed by atoms with van der Waals surface area (Å²) >= 11 is 1.87. The smallest absolute Gasteiger partial charge is 0.0554 e. The number of hydrogen-bond donors (Lipinski definition) is 0. The minimum Gasteiger partial charge on any atom is -0.310 e. The van der Waals surface area contributed by atoms with Crippen LogP contribution < -0.4 is 4.90 Å². The Morgan fingerprint density at radius 2 is 0.911 bits per heavy atom. The van der Waals surface area contributed by atoms with Crippen molar-refractivity contribution in [2.24, 2.45) is 0 Å². The van der Waals surface area contributed by atoms with E-state index in [1.54, 1.807) is 0 Å². The molecule has 0 spiro atoms. The standard InChI is InChI=1S/C54H35NS/c1-2-13-36(14-3-1)37-27-29-44(30-28-37)55(51-25-12-26-52-54(51)50-33-40-15-4-5-16-41(40)35-53(50)56-52)45-21-11-19-39(32-45)38-18-10-20-42(31-38)49-34-43-17-6-7-22-46(43)47-23-8-9-24-48(47)49/h1-35H. The maximum Gasteiger partial charge on any atom is 0.0554 e. The van der Waals surface area contributed by atoms with Crippen molar-refractivity contribution in [3.05, 3.63) is 212 Å². The fourth-order valence-electron chi connectivity index (χ4n) is 8.52. The molecule has 1 nitrogen and oxygen atoms in total. The summed E-state index contributed by atoms with van der Waals surface area (Å²) < 4.78 is 2.59. The van der Waals surface area contributed by atoms with Gasteiger partial charge in [-0.2, -0.15) is 0 Å². The lowest BCUT2D eigenvalue weighted by atomic mass is 9.92. The largest absolute Gasteiger partial charge is 0.310 e. The molecule has 0 aliphatic carbocycles. The van der Waals surface area contributed by atoms with E-state index in [1.165, 1.54) is 91.6 Å². The van der Waals surface area contributed by atoms with Crippen molar-refractivity contribution in [3.63, 3.8) is 0 Å². The second kappa shape index (κ2) is 13.4. The van der Waals surface area contributed by atoms with Gasteiger partial charge >= 0.3 is 0 Å². The topological polar surface area (TPSA) is 3.24 Å². The lowest BCUT2D eigenvalue weighted by molar-refractivity contribution is 1.30. The molecule has 1 heterocycles. The van der Waals surface area contributed by atoms with Crippen LogP contribution in [0.25, 0.3) is 85.9 Å². The van der Waals surface area contributed by atoms with E-state index in [-0.39, 0.29) is 0 Å². The zero-order valence-corrected chi connectivity index (χ0v) is 31.4. The van der Waals surface area contributed by atoms with Gasteiger partial charge in [-0.3, -0.25) is 0 Å². The Kier molecular flexibility index (Phi) is 7.75. The Labute approximate surface area is 330 Å². The minimum absolute atomic E-state index is 1.11. The Morgan fingerprint density at radius 3 is 1.73 bits per heavy atom. The number of rotatable bonds is 6. The average Bonchev–Trinajstić information content (AvgIpc) is 3.64. The van der Waals surface area contributed by atoms with E-state index in [4.69, 9.17) is 0 Å². The van der Waals surface area contributed by atoms with Gasteiger partial charge in [0.1, 0.15) is 0 Å². The van der Waals surface area contributed by atoms with Crippen LogP contribution in [-0.2, 0) is 0 Å². The molecule has 0 unspecified atom stereocenters. The van der Waals surface area contributed by atoms with E-state index in [9.17, 15) is 0 Å². The highest BCUT2D eigenvalue weighted by atomic mass is 32.1. The molecule has 262 valence electrons. The van der Waals surface area contributed by atoms with E-state index in [0.29, 0.717) is 0 Å². The van der Waals surface area contributed by atoms with Crippen LogP contribution in [0.1, 0.15) is 0 Å². The first-order chi connectivity index (χ1) is 27.7. The van der Waals surface area contributed by atoms with Crippen LogP contribution in [0.15, 0.2) is 212 Å². The van der Waals surface area contributed by atoms with Crippen molar-refractivity contribution < 1.29 is 0 Å². The zero-order chi connectivity index (χ0) is 37.0. The highest BCUT2D eigenvalue weighted by molar-refractivity contribution is 7.26. The molecule has 10 aromatic carbocycles. The summed E-state index contributed by atoms with van der Waals surface area (Å²) in [4.78, 5) is 2.45. The number of hydrogen-bond acceptors (Lipinski definition) is 2. The predicted molar refractivity (Wildman–Crippen MR) is 243 cm³/mol. The van der Waals surface area contributed by atoms with E-state index in [2.05, 4.69) is 217 Å². The molecule has 0 fully saturated rings. The van der Waals surface area contributed by atoms with Gasteiger partial charge in [-0.05, 0) is 126 Å². The number of fused-ring (bicyclic) bond motifs is 7. The molecule has 0 saturated heterocycles. The second-order valence-electron chi connectivity index (χ2n) is 14.5. The Hall–Kier alpha value is -7.00. The number of thiophene rings is 1. The van der Waals surface area contributed by atoms with Crippen molar-refractivity contribution in [2.75, 3.05) is 4.90 Å². The van der Waals surface area contributed by atoms with E-state index >= 15 is 0 Å². The van der Waals surface area contributed by atoms with Crippen LogP contribution in [0.5, 0.6) is 0 Å². The normalized spacial score (nSPS) is 11.6. The van der Waals surface area contributed by atoms with Crippen LogP contribution in [0.2, 0.25) is 0 Å². The van der Waals surface area contributed by atoms with Crippen molar-refractivity contribution in [3.8, 4) is 33.4 Å². The van der Waals surface area contributed by atoms with Gasteiger partial charge < -0.3 is 4.90 Å². The summed E-state index contributed by atoms with van der Waals surface area (Å²) in [5.74, 6) is 0. The van der Waals surface area contributed by atoms with Gasteiger partial charge in [0.05, 0.1) is 5.69 Å². The molecule has 0 aliphatic rings. The molecule has 0 N–H and O–H groups in total. The third-order valence-corrected chi connectivity index (χ3v) is 12.3. The van der Waals surface area contributed by atoms with Gasteiger partial charge in [0.2, 0.25) is 0 Å². The highest BCUT2D eigenvalue weighted by Crippen LogP contribution is 2.47. The van der Waals surface area contributed by atoms with Crippen LogP contribution in [-0.4, -0.2) is 0 Å². The first-order valence-electron chi connectivity index (χ1n) is 19.2. The van der Waals surface area contributed by atoms with E-state index in [0.717, 1.165) is 11.4 Å². The summed E-state index contributed by atoms with van der Waals surface area (Å²) in [5.41, 5.74) is 10.6.